The van der Waals surface area contributed by atoms with Gasteiger partial charge in [0.15, 0.2) is 6.10 Å². The highest BCUT2D eigenvalue weighted by atomic mass is 16.6. The lowest BCUT2D eigenvalue weighted by Gasteiger charge is -2.27. The van der Waals surface area contributed by atoms with Gasteiger partial charge in [0.1, 0.15) is 5.75 Å². The molecular formula is C17H24O4. The van der Waals surface area contributed by atoms with Crippen molar-refractivity contribution in [1.82, 2.24) is 0 Å². The molecule has 4 nitrogen and oxygen atoms in total. The minimum Gasteiger partial charge on any atom is -0.496 e. The molecule has 2 rings (SSSR count). The molecule has 0 saturated heterocycles. The smallest absolute Gasteiger partial charge is 0.340 e. The summed E-state index contributed by atoms with van der Waals surface area (Å²) in [4.78, 5) is 12.3. The molecule has 1 aliphatic carbocycles. The van der Waals surface area contributed by atoms with Crippen molar-refractivity contribution >= 4 is 5.97 Å². The zero-order chi connectivity index (χ0) is 15.1. The van der Waals surface area contributed by atoms with Gasteiger partial charge in [0.25, 0.3) is 0 Å². The van der Waals surface area contributed by atoms with Gasteiger partial charge in [-0.25, -0.2) is 4.79 Å². The number of ether oxygens (including phenoxy) is 3. The van der Waals surface area contributed by atoms with Gasteiger partial charge in [0, 0.05) is 5.56 Å². The lowest BCUT2D eigenvalue weighted by Crippen LogP contribution is -2.26. The van der Waals surface area contributed by atoms with Crippen LogP contribution in [0.15, 0.2) is 24.3 Å². The van der Waals surface area contributed by atoms with Crippen molar-refractivity contribution in [3.63, 3.8) is 0 Å². The van der Waals surface area contributed by atoms with Crippen molar-refractivity contribution in [2.24, 2.45) is 0 Å². The third-order valence-electron chi connectivity index (χ3n) is 3.80. The van der Waals surface area contributed by atoms with Gasteiger partial charge in [0.2, 0.25) is 0 Å². The van der Waals surface area contributed by atoms with E-state index in [1.165, 1.54) is 6.42 Å². The van der Waals surface area contributed by atoms with Crippen molar-refractivity contribution in [2.75, 3.05) is 13.7 Å². The Morgan fingerprint density at radius 2 is 1.95 bits per heavy atom. The number of methoxy groups -OCH3 is 1. The third-order valence-corrected chi connectivity index (χ3v) is 3.80. The summed E-state index contributed by atoms with van der Waals surface area (Å²) in [6, 6.07) is 7.47. The second kappa shape index (κ2) is 8.03. The number of hydrogen-bond acceptors (Lipinski definition) is 4. The standard InChI is InChI=1S/C17H24O4/c1-3-20-17(18)16(21-13-9-5-4-6-10-13)14-11-7-8-12-15(14)19-2/h7-8,11-13,16H,3-6,9-10H2,1-2H3. The Bertz CT molecular complexity index is 452. The molecule has 1 saturated carbocycles. The molecule has 0 heterocycles. The molecule has 0 amide bonds. The molecule has 1 aliphatic rings. The fourth-order valence-corrected chi connectivity index (χ4v) is 2.75. The molecule has 0 radical (unpaired) electrons. The summed E-state index contributed by atoms with van der Waals surface area (Å²) in [6.07, 6.45) is 5.00. The number of carbonyl (C=O) groups excluding carboxylic acids is 1. The number of benzene rings is 1. The molecule has 1 fully saturated rings. The van der Waals surface area contributed by atoms with E-state index in [0.29, 0.717) is 12.4 Å². The Hall–Kier alpha value is -1.55. The second-order valence-electron chi connectivity index (χ2n) is 5.27. The fourth-order valence-electron chi connectivity index (χ4n) is 2.75. The maximum atomic E-state index is 12.3. The van der Waals surface area contributed by atoms with Crippen LogP contribution in [0.25, 0.3) is 0 Å². The normalized spacial score (nSPS) is 17.2. The molecule has 0 spiro atoms. The van der Waals surface area contributed by atoms with E-state index in [4.69, 9.17) is 14.2 Å². The largest absolute Gasteiger partial charge is 0.496 e. The molecule has 0 N–H and O–H groups in total. The highest BCUT2D eigenvalue weighted by molar-refractivity contribution is 5.77. The molecule has 116 valence electrons. The maximum Gasteiger partial charge on any atom is 0.340 e. The van der Waals surface area contributed by atoms with Gasteiger partial charge in [-0.2, -0.15) is 0 Å². The van der Waals surface area contributed by atoms with E-state index in [1.54, 1.807) is 14.0 Å². The van der Waals surface area contributed by atoms with E-state index in [0.717, 1.165) is 31.2 Å². The SMILES string of the molecule is CCOC(=O)C(OC1CCCCC1)c1ccccc1OC. The molecular weight excluding hydrogens is 268 g/mol. The van der Waals surface area contributed by atoms with Crippen molar-refractivity contribution in [3.8, 4) is 5.75 Å². The highest BCUT2D eigenvalue weighted by Gasteiger charge is 2.29. The van der Waals surface area contributed by atoms with Crippen molar-refractivity contribution in [2.45, 2.75) is 51.2 Å². The third kappa shape index (κ3) is 4.21. The molecule has 0 bridgehead atoms. The summed E-state index contributed by atoms with van der Waals surface area (Å²) in [5, 5.41) is 0. The topological polar surface area (TPSA) is 44.8 Å². The first-order valence-corrected chi connectivity index (χ1v) is 7.71. The van der Waals surface area contributed by atoms with Crippen LogP contribution in [0.1, 0.15) is 50.7 Å². The predicted molar refractivity (Wildman–Crippen MR) is 80.3 cm³/mol. The van der Waals surface area contributed by atoms with Crippen LogP contribution in [-0.4, -0.2) is 25.8 Å². The molecule has 1 atom stereocenters. The lowest BCUT2D eigenvalue weighted by molar-refractivity contribution is -0.162. The van der Waals surface area contributed by atoms with Crippen LogP contribution in [0.4, 0.5) is 0 Å². The van der Waals surface area contributed by atoms with E-state index in [9.17, 15) is 4.79 Å². The molecule has 4 heteroatoms. The predicted octanol–water partition coefficient (Wildman–Crippen LogP) is 3.65. The fraction of sp³-hybridized carbons (Fsp3) is 0.588. The Balaban J connectivity index is 2.20. The summed E-state index contributed by atoms with van der Waals surface area (Å²) in [5.41, 5.74) is 0.740. The van der Waals surface area contributed by atoms with E-state index in [1.807, 2.05) is 24.3 Å². The Morgan fingerprint density at radius 3 is 2.62 bits per heavy atom. The summed E-state index contributed by atoms with van der Waals surface area (Å²) in [7, 11) is 1.60. The Labute approximate surface area is 126 Å². The zero-order valence-electron chi connectivity index (χ0n) is 12.8. The summed E-state index contributed by atoms with van der Waals surface area (Å²) in [6.45, 7) is 2.15. The van der Waals surface area contributed by atoms with Gasteiger partial charge in [-0.3, -0.25) is 0 Å². The molecule has 1 unspecified atom stereocenters. The van der Waals surface area contributed by atoms with Crippen LogP contribution >= 0.6 is 0 Å². The first-order chi connectivity index (χ1) is 10.3. The minimum atomic E-state index is -0.704. The van der Waals surface area contributed by atoms with Gasteiger partial charge in [-0.05, 0) is 25.8 Å². The van der Waals surface area contributed by atoms with Crippen molar-refractivity contribution in [3.05, 3.63) is 29.8 Å². The lowest BCUT2D eigenvalue weighted by atomic mass is 9.97. The molecule has 1 aromatic rings. The van der Waals surface area contributed by atoms with E-state index >= 15 is 0 Å². The average Bonchev–Trinajstić information content (AvgIpc) is 2.54. The molecule has 21 heavy (non-hydrogen) atoms. The van der Waals surface area contributed by atoms with Crippen LogP contribution in [-0.2, 0) is 14.3 Å². The average molecular weight is 292 g/mol. The Morgan fingerprint density at radius 1 is 1.24 bits per heavy atom. The Kier molecular flexibility index (Phi) is 6.05. The monoisotopic (exact) mass is 292 g/mol. The van der Waals surface area contributed by atoms with E-state index in [2.05, 4.69) is 0 Å². The zero-order valence-corrected chi connectivity index (χ0v) is 12.8. The summed E-state index contributed by atoms with van der Waals surface area (Å²) < 4.78 is 16.6. The van der Waals surface area contributed by atoms with E-state index in [-0.39, 0.29) is 12.1 Å². The second-order valence-corrected chi connectivity index (χ2v) is 5.27. The van der Waals surface area contributed by atoms with E-state index < -0.39 is 6.10 Å². The highest BCUT2D eigenvalue weighted by Crippen LogP contribution is 2.32. The van der Waals surface area contributed by atoms with Crippen LogP contribution < -0.4 is 4.74 Å². The van der Waals surface area contributed by atoms with Crippen LogP contribution in [0, 0.1) is 0 Å². The summed E-state index contributed by atoms with van der Waals surface area (Å²) >= 11 is 0. The summed E-state index contributed by atoms with van der Waals surface area (Å²) in [5.74, 6) is 0.318. The first-order valence-electron chi connectivity index (χ1n) is 7.71. The first kappa shape index (κ1) is 15.8. The minimum absolute atomic E-state index is 0.123. The number of hydrogen-bond donors (Lipinski definition) is 0. The van der Waals surface area contributed by atoms with Gasteiger partial charge in [-0.15, -0.1) is 0 Å². The van der Waals surface area contributed by atoms with Gasteiger partial charge >= 0.3 is 5.97 Å². The van der Waals surface area contributed by atoms with Crippen LogP contribution in [0.2, 0.25) is 0 Å². The number of carbonyl (C=O) groups is 1. The van der Waals surface area contributed by atoms with Crippen LogP contribution in [0.3, 0.4) is 0 Å². The van der Waals surface area contributed by atoms with Gasteiger partial charge in [-0.1, -0.05) is 37.5 Å². The maximum absolute atomic E-state index is 12.3. The number of rotatable bonds is 6. The number of para-hydroxylation sites is 1. The molecule has 1 aromatic carbocycles. The number of esters is 1. The quantitative estimate of drug-likeness (QED) is 0.751. The van der Waals surface area contributed by atoms with Crippen molar-refractivity contribution < 1.29 is 19.0 Å². The van der Waals surface area contributed by atoms with Crippen molar-refractivity contribution in [1.29, 1.82) is 0 Å². The van der Waals surface area contributed by atoms with Crippen LogP contribution in [0.5, 0.6) is 5.75 Å². The molecule has 0 aromatic heterocycles. The van der Waals surface area contributed by atoms with Gasteiger partial charge in [0.05, 0.1) is 19.8 Å². The molecule has 0 aliphatic heterocycles. The van der Waals surface area contributed by atoms with Gasteiger partial charge < -0.3 is 14.2 Å².